The third-order valence-corrected chi connectivity index (χ3v) is 3.29. The van der Waals surface area contributed by atoms with E-state index in [2.05, 4.69) is 5.32 Å². The lowest BCUT2D eigenvalue weighted by Crippen LogP contribution is -2.19. The second-order valence-corrected chi connectivity index (χ2v) is 4.71. The van der Waals surface area contributed by atoms with Crippen molar-refractivity contribution in [3.63, 3.8) is 0 Å². The lowest BCUT2D eigenvalue weighted by molar-refractivity contribution is -0.384. The quantitative estimate of drug-likeness (QED) is 0.676. The number of halogens is 1. The van der Waals surface area contributed by atoms with Crippen LogP contribution < -0.4 is 5.32 Å². The highest BCUT2D eigenvalue weighted by Crippen LogP contribution is 2.28. The fourth-order valence-electron chi connectivity index (χ4n) is 2.00. The van der Waals surface area contributed by atoms with Gasteiger partial charge in [-0.25, -0.2) is 0 Å². The second kappa shape index (κ2) is 6.02. The third-order valence-electron chi connectivity index (χ3n) is 2.98. The molecule has 1 fully saturated rings. The SMILES string of the molecule is O=[N+]([O-])c1ccc(NC2CCCOCC2)c(Cl)c1. The highest BCUT2D eigenvalue weighted by atomic mass is 35.5. The molecule has 0 saturated carbocycles. The Kier molecular flexibility index (Phi) is 4.38. The van der Waals surface area contributed by atoms with Crippen molar-refractivity contribution in [1.29, 1.82) is 0 Å². The predicted octanol–water partition coefficient (Wildman–Crippen LogP) is 3.23. The van der Waals surface area contributed by atoms with Gasteiger partial charge in [-0.2, -0.15) is 0 Å². The van der Waals surface area contributed by atoms with Crippen molar-refractivity contribution in [2.75, 3.05) is 18.5 Å². The number of nitrogens with zero attached hydrogens (tertiary/aromatic N) is 1. The maximum Gasteiger partial charge on any atom is 0.271 e. The van der Waals surface area contributed by atoms with E-state index in [1.165, 1.54) is 12.1 Å². The number of nitro groups is 1. The van der Waals surface area contributed by atoms with E-state index in [9.17, 15) is 10.1 Å². The van der Waals surface area contributed by atoms with Crippen LogP contribution in [0.25, 0.3) is 0 Å². The van der Waals surface area contributed by atoms with E-state index in [4.69, 9.17) is 16.3 Å². The summed E-state index contributed by atoms with van der Waals surface area (Å²) in [5.41, 5.74) is 0.754. The largest absolute Gasteiger partial charge is 0.381 e. The van der Waals surface area contributed by atoms with Crippen molar-refractivity contribution in [1.82, 2.24) is 0 Å². The molecule has 1 aromatic rings. The van der Waals surface area contributed by atoms with Crippen LogP contribution in [0.15, 0.2) is 18.2 Å². The molecule has 18 heavy (non-hydrogen) atoms. The highest BCUT2D eigenvalue weighted by molar-refractivity contribution is 6.33. The van der Waals surface area contributed by atoms with Gasteiger partial charge < -0.3 is 10.1 Å². The lowest BCUT2D eigenvalue weighted by Gasteiger charge is -2.17. The molecule has 0 bridgehead atoms. The molecule has 0 aromatic heterocycles. The number of non-ortho nitro benzene ring substituents is 1. The van der Waals surface area contributed by atoms with Crippen LogP contribution in [0, 0.1) is 10.1 Å². The predicted molar refractivity (Wildman–Crippen MR) is 70.2 cm³/mol. The topological polar surface area (TPSA) is 64.4 Å². The molecular formula is C12H15ClN2O3. The zero-order valence-electron chi connectivity index (χ0n) is 9.89. The molecule has 1 aliphatic heterocycles. The first-order chi connectivity index (χ1) is 8.66. The monoisotopic (exact) mass is 270 g/mol. The van der Waals surface area contributed by atoms with Crippen molar-refractivity contribution >= 4 is 23.0 Å². The molecule has 0 aliphatic carbocycles. The van der Waals surface area contributed by atoms with Crippen LogP contribution >= 0.6 is 11.6 Å². The first-order valence-electron chi connectivity index (χ1n) is 5.95. The zero-order valence-corrected chi connectivity index (χ0v) is 10.7. The molecule has 1 unspecified atom stereocenters. The molecule has 1 atom stereocenters. The first-order valence-corrected chi connectivity index (χ1v) is 6.33. The molecule has 98 valence electrons. The van der Waals surface area contributed by atoms with E-state index >= 15 is 0 Å². The van der Waals surface area contributed by atoms with Crippen LogP contribution in [-0.2, 0) is 4.74 Å². The van der Waals surface area contributed by atoms with Gasteiger partial charge in [-0.05, 0) is 25.3 Å². The molecule has 1 heterocycles. The van der Waals surface area contributed by atoms with Crippen molar-refractivity contribution in [2.24, 2.45) is 0 Å². The van der Waals surface area contributed by atoms with Gasteiger partial charge in [-0.1, -0.05) is 11.6 Å². The molecule has 6 heteroatoms. The maximum absolute atomic E-state index is 10.6. The Bertz CT molecular complexity index is 431. The van der Waals surface area contributed by atoms with Gasteiger partial charge in [0.05, 0.1) is 15.6 Å². The molecule has 0 radical (unpaired) electrons. The number of hydrogen-bond donors (Lipinski definition) is 1. The van der Waals surface area contributed by atoms with Crippen LogP contribution in [0.1, 0.15) is 19.3 Å². The van der Waals surface area contributed by atoms with Gasteiger partial charge in [0.25, 0.3) is 5.69 Å². The van der Waals surface area contributed by atoms with E-state index in [-0.39, 0.29) is 5.69 Å². The van der Waals surface area contributed by atoms with Gasteiger partial charge in [0.1, 0.15) is 0 Å². The number of nitrogens with one attached hydrogen (secondary N) is 1. The summed E-state index contributed by atoms with van der Waals surface area (Å²) in [5, 5.41) is 14.3. The number of nitro benzene ring substituents is 1. The first kappa shape index (κ1) is 13.1. The molecule has 1 aliphatic rings. The van der Waals surface area contributed by atoms with Crippen LogP contribution in [0.3, 0.4) is 0 Å². The van der Waals surface area contributed by atoms with E-state index in [0.717, 1.165) is 38.2 Å². The fraction of sp³-hybridized carbons (Fsp3) is 0.500. The second-order valence-electron chi connectivity index (χ2n) is 4.31. The van der Waals surface area contributed by atoms with Gasteiger partial charge in [0.15, 0.2) is 0 Å². The molecule has 1 N–H and O–H groups in total. The van der Waals surface area contributed by atoms with Gasteiger partial charge in [0, 0.05) is 31.4 Å². The summed E-state index contributed by atoms with van der Waals surface area (Å²) in [6.45, 7) is 1.54. The molecule has 2 rings (SSSR count). The number of anilines is 1. The minimum Gasteiger partial charge on any atom is -0.381 e. The summed E-state index contributed by atoms with van der Waals surface area (Å²) in [6, 6.07) is 4.80. The average Bonchev–Trinajstić information content (AvgIpc) is 2.60. The lowest BCUT2D eigenvalue weighted by atomic mass is 10.1. The Labute approximate surface area is 110 Å². The van der Waals surface area contributed by atoms with E-state index in [1.807, 2.05) is 0 Å². The summed E-state index contributed by atoms with van der Waals surface area (Å²) in [5.74, 6) is 0. The highest BCUT2D eigenvalue weighted by Gasteiger charge is 2.15. The van der Waals surface area contributed by atoms with Crippen molar-refractivity contribution in [3.05, 3.63) is 33.3 Å². The van der Waals surface area contributed by atoms with Gasteiger partial charge in [-0.3, -0.25) is 10.1 Å². The summed E-state index contributed by atoms with van der Waals surface area (Å²) in [7, 11) is 0. The Morgan fingerprint density at radius 2 is 2.22 bits per heavy atom. The fourth-order valence-corrected chi connectivity index (χ4v) is 2.23. The molecular weight excluding hydrogens is 256 g/mol. The Hall–Kier alpha value is -1.33. The van der Waals surface area contributed by atoms with Crippen molar-refractivity contribution in [3.8, 4) is 0 Å². The normalized spacial score (nSPS) is 20.2. The Morgan fingerprint density at radius 1 is 1.39 bits per heavy atom. The van der Waals surface area contributed by atoms with Crippen LogP contribution in [0.2, 0.25) is 5.02 Å². The van der Waals surface area contributed by atoms with E-state index in [0.29, 0.717) is 11.1 Å². The van der Waals surface area contributed by atoms with E-state index < -0.39 is 4.92 Å². The standard InChI is InChI=1S/C12H15ClN2O3/c13-11-8-10(15(16)17)3-4-12(11)14-9-2-1-6-18-7-5-9/h3-4,8-9,14H,1-2,5-7H2. The molecule has 1 saturated heterocycles. The minimum atomic E-state index is -0.449. The number of rotatable bonds is 3. The molecule has 0 spiro atoms. The maximum atomic E-state index is 10.6. The molecule has 1 aromatic carbocycles. The Morgan fingerprint density at radius 3 is 2.94 bits per heavy atom. The number of benzene rings is 1. The minimum absolute atomic E-state index is 0.00903. The summed E-state index contributed by atoms with van der Waals surface area (Å²) >= 11 is 6.04. The molecule has 5 nitrogen and oxygen atoms in total. The van der Waals surface area contributed by atoms with Crippen molar-refractivity contribution in [2.45, 2.75) is 25.3 Å². The zero-order chi connectivity index (χ0) is 13.0. The summed E-state index contributed by atoms with van der Waals surface area (Å²) < 4.78 is 5.38. The summed E-state index contributed by atoms with van der Waals surface area (Å²) in [4.78, 5) is 10.2. The number of hydrogen-bond acceptors (Lipinski definition) is 4. The Balaban J connectivity index is 2.06. The van der Waals surface area contributed by atoms with Crippen LogP contribution in [0.5, 0.6) is 0 Å². The van der Waals surface area contributed by atoms with Gasteiger partial charge in [-0.15, -0.1) is 0 Å². The van der Waals surface area contributed by atoms with E-state index in [1.54, 1.807) is 6.07 Å². The third kappa shape index (κ3) is 3.34. The molecule has 0 amide bonds. The van der Waals surface area contributed by atoms with Gasteiger partial charge in [0.2, 0.25) is 0 Å². The van der Waals surface area contributed by atoms with Crippen molar-refractivity contribution < 1.29 is 9.66 Å². The van der Waals surface area contributed by atoms with Crippen LogP contribution in [0.4, 0.5) is 11.4 Å². The van der Waals surface area contributed by atoms with Crippen LogP contribution in [-0.4, -0.2) is 24.2 Å². The summed E-state index contributed by atoms with van der Waals surface area (Å²) in [6.07, 6.45) is 2.96. The average molecular weight is 271 g/mol. The smallest absolute Gasteiger partial charge is 0.271 e. The number of ether oxygens (including phenoxy) is 1. The van der Waals surface area contributed by atoms with Gasteiger partial charge >= 0.3 is 0 Å².